The van der Waals surface area contributed by atoms with Gasteiger partial charge in [-0.1, -0.05) is 30.3 Å². The summed E-state index contributed by atoms with van der Waals surface area (Å²) in [5.74, 6) is -0.349. The fourth-order valence-electron chi connectivity index (χ4n) is 4.38. The molecule has 0 amide bonds. The lowest BCUT2D eigenvalue weighted by Gasteiger charge is -2.30. The maximum absolute atomic E-state index is 6.05. The Kier molecular flexibility index (Phi) is 4.41. The van der Waals surface area contributed by atoms with Gasteiger partial charge in [-0.05, 0) is 38.2 Å². The fraction of sp³-hybridized carbons (Fsp3) is 0.684. The van der Waals surface area contributed by atoms with E-state index in [1.165, 1.54) is 18.4 Å². The number of rotatable bonds is 5. The first-order valence-corrected chi connectivity index (χ1v) is 8.97. The van der Waals surface area contributed by atoms with Gasteiger partial charge in [0.1, 0.15) is 6.23 Å². The summed E-state index contributed by atoms with van der Waals surface area (Å²) >= 11 is 0. The lowest BCUT2D eigenvalue weighted by molar-refractivity contribution is -0.148. The molecule has 3 heterocycles. The Hall–Kier alpha value is -0.940. The normalized spacial score (nSPS) is 33.2. The molecule has 4 nitrogen and oxygen atoms in total. The molecule has 3 fully saturated rings. The number of hydrogen-bond acceptors (Lipinski definition) is 4. The molecular formula is C19H27NO3. The van der Waals surface area contributed by atoms with Crippen LogP contribution in [0.5, 0.6) is 0 Å². The summed E-state index contributed by atoms with van der Waals surface area (Å²) in [6, 6.07) is 11.8. The maximum Gasteiger partial charge on any atom is 0.165 e. The standard InChI is InChI=1S/C19H27NO3/c1-19(22-12-13-23-19)11-5-8-16-9-10-18-20(16)17(14-21-18)15-6-3-2-4-7-15/h2-4,6-7,16-18H,5,8-14H2,1H3/t16-,17-,18-/m0/s1. The number of fused-ring (bicyclic) bond motifs is 1. The highest BCUT2D eigenvalue weighted by Gasteiger charge is 2.44. The Balaban J connectivity index is 1.37. The van der Waals surface area contributed by atoms with E-state index in [4.69, 9.17) is 14.2 Å². The van der Waals surface area contributed by atoms with Gasteiger partial charge in [-0.15, -0.1) is 0 Å². The first-order chi connectivity index (χ1) is 11.3. The number of hydrogen-bond donors (Lipinski definition) is 0. The van der Waals surface area contributed by atoms with Crippen molar-refractivity contribution in [2.24, 2.45) is 0 Å². The molecule has 3 aliphatic rings. The van der Waals surface area contributed by atoms with Crippen LogP contribution in [0.25, 0.3) is 0 Å². The van der Waals surface area contributed by atoms with Gasteiger partial charge in [-0.25, -0.2) is 0 Å². The third-order valence-electron chi connectivity index (χ3n) is 5.56. The number of ether oxygens (including phenoxy) is 3. The summed E-state index contributed by atoms with van der Waals surface area (Å²) in [7, 11) is 0. The number of benzene rings is 1. The van der Waals surface area contributed by atoms with E-state index in [2.05, 4.69) is 42.2 Å². The summed E-state index contributed by atoms with van der Waals surface area (Å²) in [5, 5.41) is 0. The van der Waals surface area contributed by atoms with Gasteiger partial charge in [-0.2, -0.15) is 0 Å². The zero-order valence-electron chi connectivity index (χ0n) is 13.9. The van der Waals surface area contributed by atoms with Crippen LogP contribution in [0.1, 0.15) is 50.6 Å². The second-order valence-electron chi connectivity index (χ2n) is 7.12. The second-order valence-corrected chi connectivity index (χ2v) is 7.12. The molecule has 0 aromatic heterocycles. The lowest BCUT2D eigenvalue weighted by atomic mass is 10.0. The van der Waals surface area contributed by atoms with E-state index in [-0.39, 0.29) is 5.79 Å². The summed E-state index contributed by atoms with van der Waals surface area (Å²) in [6.07, 6.45) is 6.06. The van der Waals surface area contributed by atoms with Crippen LogP contribution in [0.2, 0.25) is 0 Å². The molecule has 1 aromatic rings. The Morgan fingerprint density at radius 2 is 1.91 bits per heavy atom. The van der Waals surface area contributed by atoms with Crippen molar-refractivity contribution < 1.29 is 14.2 Å². The van der Waals surface area contributed by atoms with Gasteiger partial charge >= 0.3 is 0 Å². The average Bonchev–Trinajstić information content (AvgIpc) is 3.26. The quantitative estimate of drug-likeness (QED) is 0.832. The van der Waals surface area contributed by atoms with E-state index in [0.717, 1.165) is 39.1 Å². The monoisotopic (exact) mass is 317 g/mol. The molecule has 0 unspecified atom stereocenters. The van der Waals surface area contributed by atoms with Gasteiger partial charge in [0.15, 0.2) is 5.79 Å². The van der Waals surface area contributed by atoms with Gasteiger partial charge in [0.05, 0.1) is 25.9 Å². The van der Waals surface area contributed by atoms with Crippen LogP contribution in [0.3, 0.4) is 0 Å². The molecule has 0 N–H and O–H groups in total. The minimum absolute atomic E-state index is 0.319. The van der Waals surface area contributed by atoms with Crippen LogP contribution < -0.4 is 0 Å². The topological polar surface area (TPSA) is 30.9 Å². The highest BCUT2D eigenvalue weighted by molar-refractivity contribution is 5.21. The summed E-state index contributed by atoms with van der Waals surface area (Å²) < 4.78 is 17.5. The van der Waals surface area contributed by atoms with E-state index >= 15 is 0 Å². The Labute approximate surface area is 138 Å². The van der Waals surface area contributed by atoms with Crippen LogP contribution >= 0.6 is 0 Å². The van der Waals surface area contributed by atoms with Gasteiger partial charge in [0.2, 0.25) is 0 Å². The predicted octanol–water partition coefficient (Wildman–Crippen LogP) is 3.48. The fourth-order valence-corrected chi connectivity index (χ4v) is 4.38. The molecule has 0 bridgehead atoms. The molecule has 1 aromatic carbocycles. The third-order valence-corrected chi connectivity index (χ3v) is 5.56. The maximum atomic E-state index is 6.05. The summed E-state index contributed by atoms with van der Waals surface area (Å²) in [4.78, 5) is 2.62. The van der Waals surface area contributed by atoms with Crippen molar-refractivity contribution in [2.45, 2.75) is 63.1 Å². The molecular weight excluding hydrogens is 290 g/mol. The Bertz CT molecular complexity index is 515. The van der Waals surface area contributed by atoms with Crippen molar-refractivity contribution in [1.29, 1.82) is 0 Å². The van der Waals surface area contributed by atoms with Gasteiger partial charge in [-0.3, -0.25) is 4.90 Å². The highest BCUT2D eigenvalue weighted by atomic mass is 16.7. The highest BCUT2D eigenvalue weighted by Crippen LogP contribution is 2.41. The molecule has 0 saturated carbocycles. The van der Waals surface area contributed by atoms with Crippen LogP contribution in [-0.2, 0) is 14.2 Å². The van der Waals surface area contributed by atoms with E-state index in [9.17, 15) is 0 Å². The molecule has 0 radical (unpaired) electrons. The SMILES string of the molecule is CC1(CCC[C@H]2CC[C@@H]3OC[C@@H](c4ccccc4)N23)OCCO1. The Morgan fingerprint density at radius 3 is 2.70 bits per heavy atom. The molecule has 23 heavy (non-hydrogen) atoms. The smallest absolute Gasteiger partial charge is 0.165 e. The zero-order valence-corrected chi connectivity index (χ0v) is 13.9. The van der Waals surface area contributed by atoms with Crippen LogP contribution in [0, 0.1) is 0 Å². The van der Waals surface area contributed by atoms with Gasteiger partial charge in [0, 0.05) is 12.5 Å². The van der Waals surface area contributed by atoms with E-state index < -0.39 is 0 Å². The lowest BCUT2D eigenvalue weighted by Crippen LogP contribution is -2.35. The molecule has 3 aliphatic heterocycles. The van der Waals surface area contributed by atoms with Crippen molar-refractivity contribution in [2.75, 3.05) is 19.8 Å². The van der Waals surface area contributed by atoms with E-state index in [0.29, 0.717) is 18.3 Å². The van der Waals surface area contributed by atoms with Crippen LogP contribution in [0.4, 0.5) is 0 Å². The summed E-state index contributed by atoms with van der Waals surface area (Å²) in [6.45, 7) is 4.37. The van der Waals surface area contributed by atoms with Crippen molar-refractivity contribution in [3.05, 3.63) is 35.9 Å². The molecule has 4 rings (SSSR count). The van der Waals surface area contributed by atoms with Crippen LogP contribution in [-0.4, -0.2) is 42.8 Å². The van der Waals surface area contributed by atoms with Crippen LogP contribution in [0.15, 0.2) is 30.3 Å². The Morgan fingerprint density at radius 1 is 1.13 bits per heavy atom. The van der Waals surface area contributed by atoms with E-state index in [1.54, 1.807) is 0 Å². The summed E-state index contributed by atoms with van der Waals surface area (Å²) in [5.41, 5.74) is 1.39. The second kappa shape index (κ2) is 6.52. The first-order valence-electron chi connectivity index (χ1n) is 8.97. The minimum Gasteiger partial charge on any atom is -0.361 e. The molecule has 0 aliphatic carbocycles. The van der Waals surface area contributed by atoms with E-state index in [1.807, 2.05) is 0 Å². The van der Waals surface area contributed by atoms with Gasteiger partial charge < -0.3 is 14.2 Å². The predicted molar refractivity (Wildman–Crippen MR) is 87.9 cm³/mol. The van der Waals surface area contributed by atoms with Crippen molar-refractivity contribution >= 4 is 0 Å². The first kappa shape index (κ1) is 15.6. The third kappa shape index (κ3) is 3.18. The molecule has 126 valence electrons. The minimum atomic E-state index is -0.349. The number of nitrogens with zero attached hydrogens (tertiary/aromatic N) is 1. The van der Waals surface area contributed by atoms with Crippen molar-refractivity contribution in [3.8, 4) is 0 Å². The largest absolute Gasteiger partial charge is 0.361 e. The molecule has 3 atom stereocenters. The average molecular weight is 317 g/mol. The molecule has 0 spiro atoms. The van der Waals surface area contributed by atoms with Gasteiger partial charge in [0.25, 0.3) is 0 Å². The molecule has 4 heteroatoms. The zero-order chi connectivity index (χ0) is 15.7. The molecule has 3 saturated heterocycles. The van der Waals surface area contributed by atoms with Crippen molar-refractivity contribution in [3.63, 3.8) is 0 Å². The van der Waals surface area contributed by atoms with Crippen molar-refractivity contribution in [1.82, 2.24) is 4.90 Å².